The van der Waals surface area contributed by atoms with Gasteiger partial charge in [-0.05, 0) is 18.4 Å². The van der Waals surface area contributed by atoms with Gasteiger partial charge in [0.2, 0.25) is 0 Å². The molecule has 68 valence electrons. The second kappa shape index (κ2) is 3.17. The third-order valence-electron chi connectivity index (χ3n) is 1.90. The van der Waals surface area contributed by atoms with E-state index in [-0.39, 0.29) is 0 Å². The molecule has 13 heavy (non-hydrogen) atoms. The summed E-state index contributed by atoms with van der Waals surface area (Å²) in [5.74, 6) is 0.643. The van der Waals surface area contributed by atoms with Crippen LogP contribution in [0.2, 0.25) is 0 Å². The molecule has 0 aliphatic rings. The molecule has 0 aromatic carbocycles. The summed E-state index contributed by atoms with van der Waals surface area (Å²) in [5.41, 5.74) is 2.05. The zero-order valence-electron chi connectivity index (χ0n) is 7.94. The molecule has 0 atom stereocenters. The Morgan fingerprint density at radius 3 is 3.00 bits per heavy atom. The van der Waals surface area contributed by atoms with Gasteiger partial charge in [-0.2, -0.15) is 5.10 Å². The number of hydrogen-bond acceptors (Lipinski definition) is 2. The van der Waals surface area contributed by atoms with Gasteiger partial charge in [-0.3, -0.25) is 0 Å². The third-order valence-corrected chi connectivity index (χ3v) is 1.90. The average Bonchev–Trinajstić information content (AvgIpc) is 2.44. The fraction of sp³-hybridized carbons (Fsp3) is 0.400. The largest absolute Gasteiger partial charge is 0.237 e. The molecule has 0 aliphatic heterocycles. The Morgan fingerprint density at radius 2 is 2.31 bits per heavy atom. The van der Waals surface area contributed by atoms with Crippen molar-refractivity contribution in [3.05, 3.63) is 30.2 Å². The van der Waals surface area contributed by atoms with Crippen LogP contribution in [0.3, 0.4) is 0 Å². The van der Waals surface area contributed by atoms with E-state index in [9.17, 15) is 0 Å². The number of nitrogens with zero attached hydrogens (tertiary/aromatic N) is 3. The van der Waals surface area contributed by atoms with E-state index in [2.05, 4.69) is 23.9 Å². The van der Waals surface area contributed by atoms with Crippen molar-refractivity contribution in [3.63, 3.8) is 0 Å². The quantitative estimate of drug-likeness (QED) is 0.698. The molecule has 2 heterocycles. The number of hydrogen-bond donors (Lipinski definition) is 0. The Bertz CT molecular complexity index is 370. The summed E-state index contributed by atoms with van der Waals surface area (Å²) in [6.45, 7) is 4.38. The summed E-state index contributed by atoms with van der Waals surface area (Å²) in [6, 6.07) is 3.93. The summed E-state index contributed by atoms with van der Waals surface area (Å²) in [7, 11) is 0. The SMILES string of the molecule is CC(C)Cc1cc2ncccn2n1. The van der Waals surface area contributed by atoms with Crippen molar-refractivity contribution in [3.8, 4) is 0 Å². The van der Waals surface area contributed by atoms with Crippen molar-refractivity contribution in [1.29, 1.82) is 0 Å². The predicted octanol–water partition coefficient (Wildman–Crippen LogP) is 1.93. The molecule has 0 unspecified atom stereocenters. The van der Waals surface area contributed by atoms with Crippen LogP contribution in [0.5, 0.6) is 0 Å². The van der Waals surface area contributed by atoms with Crippen LogP contribution in [0.15, 0.2) is 24.5 Å². The molecule has 0 aliphatic carbocycles. The molecule has 3 heteroatoms. The van der Waals surface area contributed by atoms with Crippen molar-refractivity contribution in [2.24, 2.45) is 5.92 Å². The summed E-state index contributed by atoms with van der Waals surface area (Å²) in [6.07, 6.45) is 4.73. The monoisotopic (exact) mass is 175 g/mol. The average molecular weight is 175 g/mol. The lowest BCUT2D eigenvalue weighted by atomic mass is 10.1. The summed E-state index contributed by atoms with van der Waals surface area (Å²) in [5, 5.41) is 4.41. The van der Waals surface area contributed by atoms with Gasteiger partial charge in [0, 0.05) is 18.5 Å². The maximum Gasteiger partial charge on any atom is 0.155 e. The first-order valence-corrected chi connectivity index (χ1v) is 4.55. The van der Waals surface area contributed by atoms with Gasteiger partial charge in [-0.25, -0.2) is 9.50 Å². The normalized spacial score (nSPS) is 11.3. The first-order valence-electron chi connectivity index (χ1n) is 4.55. The van der Waals surface area contributed by atoms with E-state index in [1.165, 1.54) is 0 Å². The zero-order valence-corrected chi connectivity index (χ0v) is 7.94. The molecular formula is C10H13N3. The smallest absolute Gasteiger partial charge is 0.155 e. The molecule has 2 rings (SSSR count). The van der Waals surface area contributed by atoms with Gasteiger partial charge in [-0.15, -0.1) is 0 Å². The minimum Gasteiger partial charge on any atom is -0.237 e. The molecule has 0 spiro atoms. The van der Waals surface area contributed by atoms with E-state index < -0.39 is 0 Å². The standard InChI is InChI=1S/C10H13N3/c1-8(2)6-9-7-10-11-4-3-5-13(10)12-9/h3-5,7-8H,6H2,1-2H3. The Balaban J connectivity index is 2.38. The van der Waals surface area contributed by atoms with Crippen LogP contribution in [0.4, 0.5) is 0 Å². The van der Waals surface area contributed by atoms with Gasteiger partial charge in [0.25, 0.3) is 0 Å². The second-order valence-corrected chi connectivity index (χ2v) is 3.66. The molecule has 0 radical (unpaired) electrons. The van der Waals surface area contributed by atoms with Crippen LogP contribution >= 0.6 is 0 Å². The topological polar surface area (TPSA) is 30.2 Å². The lowest BCUT2D eigenvalue weighted by Crippen LogP contribution is -1.95. The Hall–Kier alpha value is -1.38. The van der Waals surface area contributed by atoms with Crippen LogP contribution in [-0.2, 0) is 6.42 Å². The van der Waals surface area contributed by atoms with Crippen molar-refractivity contribution < 1.29 is 0 Å². The summed E-state index contributed by atoms with van der Waals surface area (Å²) < 4.78 is 1.82. The van der Waals surface area contributed by atoms with Crippen molar-refractivity contribution in [2.45, 2.75) is 20.3 Å². The highest BCUT2D eigenvalue weighted by Crippen LogP contribution is 2.08. The maximum atomic E-state index is 4.41. The number of fused-ring (bicyclic) bond motifs is 1. The molecule has 0 saturated carbocycles. The Labute approximate surface area is 77.4 Å². The van der Waals surface area contributed by atoms with Crippen molar-refractivity contribution in [1.82, 2.24) is 14.6 Å². The fourth-order valence-electron chi connectivity index (χ4n) is 1.40. The van der Waals surface area contributed by atoms with Gasteiger partial charge in [0.1, 0.15) is 0 Å². The fourth-order valence-corrected chi connectivity index (χ4v) is 1.40. The van der Waals surface area contributed by atoms with Crippen LogP contribution in [-0.4, -0.2) is 14.6 Å². The van der Waals surface area contributed by atoms with Gasteiger partial charge < -0.3 is 0 Å². The summed E-state index contributed by atoms with van der Waals surface area (Å²) >= 11 is 0. The molecule has 0 amide bonds. The van der Waals surface area contributed by atoms with Crippen LogP contribution in [0.1, 0.15) is 19.5 Å². The summed E-state index contributed by atoms with van der Waals surface area (Å²) in [4.78, 5) is 4.21. The van der Waals surface area contributed by atoms with Gasteiger partial charge in [0.05, 0.1) is 5.69 Å². The lowest BCUT2D eigenvalue weighted by molar-refractivity contribution is 0.630. The zero-order chi connectivity index (χ0) is 9.26. The maximum absolute atomic E-state index is 4.41. The minimum atomic E-state index is 0.643. The second-order valence-electron chi connectivity index (χ2n) is 3.66. The molecule has 0 N–H and O–H groups in total. The Morgan fingerprint density at radius 1 is 1.46 bits per heavy atom. The molecule has 2 aromatic heterocycles. The molecule has 0 saturated heterocycles. The van der Waals surface area contributed by atoms with Crippen molar-refractivity contribution >= 4 is 5.65 Å². The third kappa shape index (κ3) is 1.69. The van der Waals surface area contributed by atoms with Gasteiger partial charge in [0.15, 0.2) is 5.65 Å². The van der Waals surface area contributed by atoms with E-state index in [1.54, 1.807) is 6.20 Å². The Kier molecular flexibility index (Phi) is 2.00. The number of aromatic nitrogens is 3. The van der Waals surface area contributed by atoms with E-state index in [1.807, 2.05) is 22.8 Å². The molecule has 3 nitrogen and oxygen atoms in total. The van der Waals surface area contributed by atoms with E-state index in [0.29, 0.717) is 5.92 Å². The number of rotatable bonds is 2. The first-order chi connectivity index (χ1) is 6.25. The first kappa shape index (κ1) is 8.23. The molecule has 0 fully saturated rings. The van der Waals surface area contributed by atoms with E-state index in [0.717, 1.165) is 17.8 Å². The van der Waals surface area contributed by atoms with Crippen LogP contribution < -0.4 is 0 Å². The van der Waals surface area contributed by atoms with Gasteiger partial charge >= 0.3 is 0 Å². The van der Waals surface area contributed by atoms with Crippen LogP contribution in [0, 0.1) is 5.92 Å². The molecule has 0 bridgehead atoms. The van der Waals surface area contributed by atoms with Crippen LogP contribution in [0.25, 0.3) is 5.65 Å². The highest BCUT2D eigenvalue weighted by atomic mass is 15.2. The van der Waals surface area contributed by atoms with E-state index >= 15 is 0 Å². The van der Waals surface area contributed by atoms with E-state index in [4.69, 9.17) is 0 Å². The molecule has 2 aromatic rings. The minimum absolute atomic E-state index is 0.643. The van der Waals surface area contributed by atoms with Crippen molar-refractivity contribution in [2.75, 3.05) is 0 Å². The lowest BCUT2D eigenvalue weighted by Gasteiger charge is -1.97. The van der Waals surface area contributed by atoms with Gasteiger partial charge in [-0.1, -0.05) is 13.8 Å². The highest BCUT2D eigenvalue weighted by molar-refractivity contribution is 5.38. The highest BCUT2D eigenvalue weighted by Gasteiger charge is 2.03. The predicted molar refractivity (Wildman–Crippen MR) is 51.5 cm³/mol. The molecular weight excluding hydrogens is 162 g/mol.